The first-order valence-electron chi connectivity index (χ1n) is 6.64. The van der Waals surface area contributed by atoms with Gasteiger partial charge in [0.1, 0.15) is 0 Å². The molecule has 19 heavy (non-hydrogen) atoms. The highest BCUT2D eigenvalue weighted by Gasteiger charge is 2.16. The fourth-order valence-electron chi connectivity index (χ4n) is 1.99. The average Bonchev–Trinajstić information content (AvgIpc) is 2.94. The van der Waals surface area contributed by atoms with Gasteiger partial charge in [0.15, 0.2) is 10.8 Å². The van der Waals surface area contributed by atoms with Crippen molar-refractivity contribution in [2.24, 2.45) is 0 Å². The third-order valence-electron chi connectivity index (χ3n) is 3.13. The van der Waals surface area contributed by atoms with Gasteiger partial charge >= 0.3 is 0 Å². The second kappa shape index (κ2) is 6.36. The molecule has 0 radical (unpaired) electrons. The molecule has 0 fully saturated rings. The molecule has 0 aliphatic heterocycles. The smallest absolute Gasteiger partial charge is 0.195 e. The summed E-state index contributed by atoms with van der Waals surface area (Å²) in [5.41, 5.74) is 1.25. The molecule has 0 spiro atoms. The molecule has 106 valence electrons. The van der Waals surface area contributed by atoms with E-state index in [0.717, 1.165) is 37.0 Å². The molecule has 2 aromatic rings. The highest BCUT2D eigenvalue weighted by molar-refractivity contribution is 7.15. The van der Waals surface area contributed by atoms with Gasteiger partial charge in [-0.2, -0.15) is 0 Å². The molecule has 0 bridgehead atoms. The number of rotatable bonds is 7. The molecule has 1 N–H and O–H groups in total. The van der Waals surface area contributed by atoms with Crippen LogP contribution in [0.25, 0.3) is 4.96 Å². The monoisotopic (exact) mass is 281 g/mol. The van der Waals surface area contributed by atoms with E-state index in [2.05, 4.69) is 59.2 Å². The highest BCUT2D eigenvalue weighted by atomic mass is 32.1. The number of likely N-dealkylation sites (N-methyl/N-ethyl adjacent to an activating group) is 2. The summed E-state index contributed by atoms with van der Waals surface area (Å²) < 4.78 is 2.19. The molecule has 0 saturated heterocycles. The Kier molecular flexibility index (Phi) is 4.79. The molecule has 0 unspecified atom stereocenters. The van der Waals surface area contributed by atoms with E-state index in [-0.39, 0.29) is 0 Å². The van der Waals surface area contributed by atoms with Gasteiger partial charge in [0, 0.05) is 38.3 Å². The van der Waals surface area contributed by atoms with Crippen molar-refractivity contribution in [1.29, 1.82) is 0 Å². The zero-order valence-corrected chi connectivity index (χ0v) is 13.0. The Morgan fingerprint density at radius 1 is 1.32 bits per heavy atom. The second-order valence-electron chi connectivity index (χ2n) is 4.94. The van der Waals surface area contributed by atoms with E-state index in [4.69, 9.17) is 4.98 Å². The van der Waals surface area contributed by atoms with E-state index in [1.54, 1.807) is 11.3 Å². The van der Waals surface area contributed by atoms with Crippen LogP contribution < -0.4 is 10.2 Å². The lowest BCUT2D eigenvalue weighted by Crippen LogP contribution is -2.29. The lowest BCUT2D eigenvalue weighted by Gasteiger charge is -2.20. The Morgan fingerprint density at radius 2 is 2.11 bits per heavy atom. The molecular formula is C13H23N5S. The number of imidazole rings is 1. The SMILES string of the molecule is CCNCc1c(N(C)CCN(C)C)nc2sccn12. The fraction of sp³-hybridized carbons (Fsp3) is 0.615. The maximum absolute atomic E-state index is 4.75. The third kappa shape index (κ3) is 3.26. The number of nitrogens with one attached hydrogen (secondary N) is 1. The number of aromatic nitrogens is 2. The highest BCUT2D eigenvalue weighted by Crippen LogP contribution is 2.23. The Hall–Kier alpha value is -1.11. The molecule has 6 heteroatoms. The summed E-state index contributed by atoms with van der Waals surface area (Å²) >= 11 is 1.68. The molecule has 0 amide bonds. The maximum atomic E-state index is 4.75. The first-order chi connectivity index (χ1) is 9.13. The van der Waals surface area contributed by atoms with Gasteiger partial charge in [0.25, 0.3) is 0 Å². The van der Waals surface area contributed by atoms with Crippen LogP contribution >= 0.6 is 11.3 Å². The molecule has 5 nitrogen and oxygen atoms in total. The van der Waals surface area contributed by atoms with E-state index in [0.29, 0.717) is 0 Å². The average molecular weight is 281 g/mol. The summed E-state index contributed by atoms with van der Waals surface area (Å²) in [4.78, 5) is 10.3. The zero-order valence-electron chi connectivity index (χ0n) is 12.2. The minimum atomic E-state index is 0.857. The van der Waals surface area contributed by atoms with Crippen molar-refractivity contribution in [3.63, 3.8) is 0 Å². The predicted octanol–water partition coefficient (Wildman–Crippen LogP) is 1.50. The van der Waals surface area contributed by atoms with Crippen molar-refractivity contribution in [2.75, 3.05) is 45.7 Å². The Bertz CT molecular complexity index is 516. The van der Waals surface area contributed by atoms with Crippen molar-refractivity contribution in [2.45, 2.75) is 13.5 Å². The van der Waals surface area contributed by atoms with Gasteiger partial charge in [0.2, 0.25) is 0 Å². The van der Waals surface area contributed by atoms with Gasteiger partial charge in [-0.25, -0.2) is 4.98 Å². The first kappa shape index (κ1) is 14.3. The van der Waals surface area contributed by atoms with E-state index in [9.17, 15) is 0 Å². The van der Waals surface area contributed by atoms with Crippen LogP contribution in [-0.4, -0.2) is 55.1 Å². The van der Waals surface area contributed by atoms with Gasteiger partial charge in [-0.05, 0) is 20.6 Å². The van der Waals surface area contributed by atoms with Gasteiger partial charge in [-0.1, -0.05) is 6.92 Å². The summed E-state index contributed by atoms with van der Waals surface area (Å²) in [5, 5.41) is 5.48. The van der Waals surface area contributed by atoms with Crippen LogP contribution in [0.2, 0.25) is 0 Å². The van der Waals surface area contributed by atoms with Crippen LogP contribution in [-0.2, 0) is 6.54 Å². The summed E-state index contributed by atoms with van der Waals surface area (Å²) in [7, 11) is 6.31. The third-order valence-corrected chi connectivity index (χ3v) is 3.88. The predicted molar refractivity (Wildman–Crippen MR) is 82.3 cm³/mol. The van der Waals surface area contributed by atoms with E-state index in [1.807, 2.05) is 0 Å². The largest absolute Gasteiger partial charge is 0.357 e. The van der Waals surface area contributed by atoms with E-state index in [1.165, 1.54) is 5.69 Å². The summed E-state index contributed by atoms with van der Waals surface area (Å²) in [6, 6.07) is 0. The molecule has 2 rings (SSSR count). The van der Waals surface area contributed by atoms with Crippen molar-refractivity contribution in [3.8, 4) is 0 Å². The molecule has 0 saturated carbocycles. The Balaban J connectivity index is 2.22. The Labute approximate surface area is 118 Å². The second-order valence-corrected chi connectivity index (χ2v) is 5.82. The van der Waals surface area contributed by atoms with Crippen LogP contribution in [0, 0.1) is 0 Å². The normalized spacial score (nSPS) is 11.6. The molecule has 0 aliphatic carbocycles. The first-order valence-corrected chi connectivity index (χ1v) is 7.52. The van der Waals surface area contributed by atoms with Crippen molar-refractivity contribution >= 4 is 22.1 Å². The molecular weight excluding hydrogens is 258 g/mol. The van der Waals surface area contributed by atoms with Gasteiger partial charge in [0.05, 0.1) is 5.69 Å². The number of nitrogens with zero attached hydrogens (tertiary/aromatic N) is 4. The standard InChI is InChI=1S/C13H23N5S/c1-5-14-10-11-12(17(4)7-6-16(2)3)15-13-18(11)8-9-19-13/h8-9,14H,5-7,10H2,1-4H3. The van der Waals surface area contributed by atoms with Crippen LogP contribution in [0.15, 0.2) is 11.6 Å². The zero-order chi connectivity index (χ0) is 13.8. The number of fused-ring (bicyclic) bond motifs is 1. The van der Waals surface area contributed by atoms with Gasteiger partial charge < -0.3 is 15.1 Å². The van der Waals surface area contributed by atoms with Gasteiger partial charge in [-0.3, -0.25) is 4.40 Å². The van der Waals surface area contributed by atoms with E-state index < -0.39 is 0 Å². The molecule has 0 atom stereocenters. The minimum absolute atomic E-state index is 0.857. The fourth-order valence-corrected chi connectivity index (χ4v) is 2.72. The number of thiazole rings is 1. The van der Waals surface area contributed by atoms with E-state index >= 15 is 0 Å². The quantitative estimate of drug-likeness (QED) is 0.834. The van der Waals surface area contributed by atoms with Crippen LogP contribution in [0.3, 0.4) is 0 Å². The summed E-state index contributed by atoms with van der Waals surface area (Å²) in [5.74, 6) is 1.09. The van der Waals surface area contributed by atoms with Crippen molar-refractivity contribution in [1.82, 2.24) is 19.6 Å². The number of hydrogen-bond donors (Lipinski definition) is 1. The lowest BCUT2D eigenvalue weighted by molar-refractivity contribution is 0.416. The Morgan fingerprint density at radius 3 is 2.79 bits per heavy atom. The maximum Gasteiger partial charge on any atom is 0.195 e. The topological polar surface area (TPSA) is 35.8 Å². The van der Waals surface area contributed by atoms with Crippen LogP contribution in [0.5, 0.6) is 0 Å². The molecule has 2 aromatic heterocycles. The summed E-state index contributed by atoms with van der Waals surface area (Å²) in [6.45, 7) is 5.97. The molecule has 2 heterocycles. The molecule has 0 aromatic carbocycles. The number of anilines is 1. The summed E-state index contributed by atoms with van der Waals surface area (Å²) in [6.07, 6.45) is 2.10. The minimum Gasteiger partial charge on any atom is -0.357 e. The lowest BCUT2D eigenvalue weighted by atomic mass is 10.3. The van der Waals surface area contributed by atoms with Gasteiger partial charge in [-0.15, -0.1) is 11.3 Å². The molecule has 0 aliphatic rings. The number of hydrogen-bond acceptors (Lipinski definition) is 5. The van der Waals surface area contributed by atoms with Crippen molar-refractivity contribution in [3.05, 3.63) is 17.3 Å². The van der Waals surface area contributed by atoms with Crippen LogP contribution in [0.1, 0.15) is 12.6 Å². The van der Waals surface area contributed by atoms with Crippen molar-refractivity contribution < 1.29 is 0 Å². The van der Waals surface area contributed by atoms with Crippen LogP contribution in [0.4, 0.5) is 5.82 Å².